The van der Waals surface area contributed by atoms with Crippen LogP contribution < -0.4 is 0 Å². The van der Waals surface area contributed by atoms with E-state index in [1.807, 2.05) is 13.8 Å². The Morgan fingerprint density at radius 2 is 1.92 bits per heavy atom. The first-order valence-electron chi connectivity index (χ1n) is 4.10. The smallest absolute Gasteiger partial charge is 0.320 e. The third-order valence-corrected chi connectivity index (χ3v) is 1.69. The number of urea groups is 1. The second-order valence-electron chi connectivity index (χ2n) is 2.52. The molecule has 0 aromatic heterocycles. The van der Waals surface area contributed by atoms with E-state index in [2.05, 4.69) is 5.92 Å². The van der Waals surface area contributed by atoms with Gasteiger partial charge in [0.1, 0.15) is 0 Å². The number of hydrogen-bond acceptors (Lipinski definition) is 1. The molecule has 0 rings (SSSR count). The predicted octanol–water partition coefficient (Wildman–Crippen LogP) is 1.01. The first kappa shape index (κ1) is 10.8. The fraction of sp³-hybridized carbons (Fsp3) is 0.667. The van der Waals surface area contributed by atoms with E-state index in [1.54, 1.807) is 11.9 Å². The molecule has 0 bridgehead atoms. The van der Waals surface area contributed by atoms with E-state index in [-0.39, 0.29) is 6.03 Å². The molecule has 0 aliphatic heterocycles. The van der Waals surface area contributed by atoms with Crippen molar-refractivity contribution in [1.82, 2.24) is 9.80 Å². The molecule has 0 aromatic carbocycles. The molecule has 0 unspecified atom stereocenters. The van der Waals surface area contributed by atoms with Gasteiger partial charge in [0.2, 0.25) is 0 Å². The van der Waals surface area contributed by atoms with E-state index in [4.69, 9.17) is 6.42 Å². The molecule has 0 aliphatic rings. The summed E-state index contributed by atoms with van der Waals surface area (Å²) in [5.74, 6) is 2.43. The van der Waals surface area contributed by atoms with Crippen LogP contribution in [0, 0.1) is 12.3 Å². The summed E-state index contributed by atoms with van der Waals surface area (Å²) < 4.78 is 0. The second kappa shape index (κ2) is 5.48. The van der Waals surface area contributed by atoms with Crippen LogP contribution in [0.4, 0.5) is 4.79 Å². The molecule has 2 amide bonds. The topological polar surface area (TPSA) is 23.6 Å². The fourth-order valence-corrected chi connectivity index (χ4v) is 0.940. The van der Waals surface area contributed by atoms with Gasteiger partial charge in [0, 0.05) is 20.1 Å². The minimum atomic E-state index is -0.00190. The highest BCUT2D eigenvalue weighted by atomic mass is 16.2. The molecule has 0 radical (unpaired) electrons. The van der Waals surface area contributed by atoms with Crippen LogP contribution >= 0.6 is 0 Å². The van der Waals surface area contributed by atoms with Crippen LogP contribution in [-0.2, 0) is 0 Å². The summed E-state index contributed by atoms with van der Waals surface area (Å²) in [7, 11) is 1.71. The summed E-state index contributed by atoms with van der Waals surface area (Å²) in [4.78, 5) is 14.7. The Bertz CT molecular complexity index is 179. The Balaban J connectivity index is 4.08. The van der Waals surface area contributed by atoms with Crippen molar-refractivity contribution < 1.29 is 4.79 Å². The average molecular weight is 168 g/mol. The van der Waals surface area contributed by atoms with Crippen LogP contribution in [0.1, 0.15) is 13.8 Å². The second-order valence-corrected chi connectivity index (χ2v) is 2.52. The number of rotatable bonds is 3. The van der Waals surface area contributed by atoms with Gasteiger partial charge >= 0.3 is 6.03 Å². The molecular formula is C9H16N2O. The minimum absolute atomic E-state index is 0.00190. The molecule has 3 heteroatoms. The van der Waals surface area contributed by atoms with Crippen molar-refractivity contribution in [3.63, 3.8) is 0 Å². The molecule has 0 aliphatic carbocycles. The molecule has 0 saturated heterocycles. The van der Waals surface area contributed by atoms with Gasteiger partial charge < -0.3 is 9.80 Å². The van der Waals surface area contributed by atoms with E-state index in [0.29, 0.717) is 6.54 Å². The molecule has 0 aromatic rings. The number of carbonyl (C=O) groups is 1. The standard InChI is InChI=1S/C9H16N2O/c1-5-8-10(4)9(12)11(6-2)7-3/h1H,6-8H2,2-4H3. The monoisotopic (exact) mass is 168 g/mol. The summed E-state index contributed by atoms with van der Waals surface area (Å²) in [6, 6.07) is -0.00190. The van der Waals surface area contributed by atoms with Gasteiger partial charge in [-0.3, -0.25) is 0 Å². The highest BCUT2D eigenvalue weighted by Crippen LogP contribution is 1.94. The third-order valence-electron chi connectivity index (χ3n) is 1.69. The largest absolute Gasteiger partial charge is 0.325 e. The Kier molecular flexibility index (Phi) is 4.94. The first-order valence-corrected chi connectivity index (χ1v) is 4.10. The lowest BCUT2D eigenvalue weighted by Crippen LogP contribution is -2.41. The molecule has 0 saturated carbocycles. The van der Waals surface area contributed by atoms with Crippen molar-refractivity contribution in [2.24, 2.45) is 0 Å². The van der Waals surface area contributed by atoms with E-state index in [1.165, 1.54) is 4.90 Å². The van der Waals surface area contributed by atoms with Crippen LogP contribution in [0.2, 0.25) is 0 Å². The zero-order valence-corrected chi connectivity index (χ0v) is 8.00. The summed E-state index contributed by atoms with van der Waals surface area (Å²) in [6.07, 6.45) is 5.09. The minimum Gasteiger partial charge on any atom is -0.325 e. The number of amides is 2. The van der Waals surface area contributed by atoms with Gasteiger partial charge in [0.05, 0.1) is 6.54 Å². The van der Waals surface area contributed by atoms with Crippen LogP contribution in [0.3, 0.4) is 0 Å². The summed E-state index contributed by atoms with van der Waals surface area (Å²) in [6.45, 7) is 5.72. The number of carbonyl (C=O) groups excluding carboxylic acids is 1. The third kappa shape index (κ3) is 2.83. The summed E-state index contributed by atoms with van der Waals surface area (Å²) in [5.41, 5.74) is 0. The van der Waals surface area contributed by atoms with Crippen molar-refractivity contribution in [3.8, 4) is 12.3 Å². The Morgan fingerprint density at radius 1 is 1.42 bits per heavy atom. The number of terminal acetylenes is 1. The molecule has 0 fully saturated rings. The van der Waals surface area contributed by atoms with E-state index in [9.17, 15) is 4.79 Å². The maximum absolute atomic E-state index is 11.5. The van der Waals surface area contributed by atoms with E-state index in [0.717, 1.165) is 13.1 Å². The Hall–Kier alpha value is -1.17. The van der Waals surface area contributed by atoms with Crippen LogP contribution in [0.5, 0.6) is 0 Å². The molecule has 3 nitrogen and oxygen atoms in total. The van der Waals surface area contributed by atoms with Crippen molar-refractivity contribution in [2.45, 2.75) is 13.8 Å². The predicted molar refractivity (Wildman–Crippen MR) is 49.8 cm³/mol. The maximum atomic E-state index is 11.5. The summed E-state index contributed by atoms with van der Waals surface area (Å²) in [5, 5.41) is 0. The lowest BCUT2D eigenvalue weighted by molar-refractivity contribution is 0.172. The zero-order valence-electron chi connectivity index (χ0n) is 8.00. The normalized spacial score (nSPS) is 8.83. The lowest BCUT2D eigenvalue weighted by Gasteiger charge is -2.24. The van der Waals surface area contributed by atoms with Crippen molar-refractivity contribution in [3.05, 3.63) is 0 Å². The van der Waals surface area contributed by atoms with Gasteiger partial charge in [-0.25, -0.2) is 4.79 Å². The van der Waals surface area contributed by atoms with E-state index >= 15 is 0 Å². The quantitative estimate of drug-likeness (QED) is 0.577. The van der Waals surface area contributed by atoms with Gasteiger partial charge in [-0.05, 0) is 13.8 Å². The van der Waals surface area contributed by atoms with Crippen LogP contribution in [0.25, 0.3) is 0 Å². The SMILES string of the molecule is C#CCN(C)C(=O)N(CC)CC. The molecule has 68 valence electrons. The Labute approximate surface area is 74.3 Å². The van der Waals surface area contributed by atoms with Crippen molar-refractivity contribution in [2.75, 3.05) is 26.7 Å². The van der Waals surface area contributed by atoms with E-state index < -0.39 is 0 Å². The van der Waals surface area contributed by atoms with Gasteiger partial charge in [-0.15, -0.1) is 6.42 Å². The fourth-order valence-electron chi connectivity index (χ4n) is 0.940. The average Bonchev–Trinajstić information content (AvgIpc) is 2.07. The van der Waals surface area contributed by atoms with Crippen LogP contribution in [0.15, 0.2) is 0 Å². The van der Waals surface area contributed by atoms with Gasteiger partial charge in [0.25, 0.3) is 0 Å². The summed E-state index contributed by atoms with van der Waals surface area (Å²) >= 11 is 0. The number of hydrogen-bond donors (Lipinski definition) is 0. The molecule has 0 heterocycles. The van der Waals surface area contributed by atoms with Gasteiger partial charge in [0.15, 0.2) is 0 Å². The maximum Gasteiger partial charge on any atom is 0.320 e. The van der Waals surface area contributed by atoms with Crippen molar-refractivity contribution in [1.29, 1.82) is 0 Å². The highest BCUT2D eigenvalue weighted by Gasteiger charge is 2.12. The lowest BCUT2D eigenvalue weighted by atomic mass is 10.5. The molecule has 0 N–H and O–H groups in total. The highest BCUT2D eigenvalue weighted by molar-refractivity contribution is 5.74. The molecule has 0 atom stereocenters. The first-order chi connectivity index (χ1) is 5.67. The number of nitrogens with zero attached hydrogens (tertiary/aromatic N) is 2. The zero-order chi connectivity index (χ0) is 9.56. The van der Waals surface area contributed by atoms with Gasteiger partial charge in [-0.1, -0.05) is 5.92 Å². The molecule has 0 spiro atoms. The molecular weight excluding hydrogens is 152 g/mol. The van der Waals surface area contributed by atoms with Crippen molar-refractivity contribution >= 4 is 6.03 Å². The molecule has 12 heavy (non-hydrogen) atoms. The van der Waals surface area contributed by atoms with Gasteiger partial charge in [-0.2, -0.15) is 0 Å². The van der Waals surface area contributed by atoms with Crippen LogP contribution in [-0.4, -0.2) is 42.5 Å². The Morgan fingerprint density at radius 3 is 2.25 bits per heavy atom.